The minimum absolute atomic E-state index is 0.126. The molecule has 0 spiro atoms. The summed E-state index contributed by atoms with van der Waals surface area (Å²) in [4.78, 5) is 53.9. The maximum atomic E-state index is 14.8. The molecule has 5 aromatic carbocycles. The number of nitrogens with one attached hydrogen (secondary N) is 1. The van der Waals surface area contributed by atoms with E-state index in [9.17, 15) is 14.4 Å². The van der Waals surface area contributed by atoms with Crippen LogP contribution in [0.4, 0.5) is 5.13 Å². The number of amides is 2. The Morgan fingerprint density at radius 2 is 1.41 bits per heavy atom. The number of thioether (sulfide) groups is 2. The Labute approximate surface area is 382 Å². The van der Waals surface area contributed by atoms with Crippen molar-refractivity contribution in [1.82, 2.24) is 25.0 Å². The fraction of sp³-hybridized carbons (Fsp3) is 0.143. The van der Waals surface area contributed by atoms with Crippen molar-refractivity contribution in [3.63, 3.8) is 0 Å². The number of benzene rings is 5. The van der Waals surface area contributed by atoms with Crippen molar-refractivity contribution in [3.05, 3.63) is 219 Å². The van der Waals surface area contributed by atoms with Crippen LogP contribution in [0.15, 0.2) is 185 Å². The number of nitrogen functional groups attached to an aromatic ring is 1. The molecule has 0 aliphatic carbocycles. The van der Waals surface area contributed by atoms with Gasteiger partial charge >= 0.3 is 5.97 Å². The van der Waals surface area contributed by atoms with Crippen molar-refractivity contribution in [3.8, 4) is 0 Å². The molecule has 0 unspecified atom stereocenters. The molecule has 64 heavy (non-hydrogen) atoms. The molecule has 0 radical (unpaired) electrons. The van der Waals surface area contributed by atoms with E-state index >= 15 is 0 Å². The Morgan fingerprint density at radius 3 is 1.92 bits per heavy atom. The number of rotatable bonds is 15. The fourth-order valence-corrected chi connectivity index (χ4v) is 11.2. The van der Waals surface area contributed by atoms with Crippen molar-refractivity contribution < 1.29 is 24.0 Å². The molecule has 2 aliphatic rings. The lowest BCUT2D eigenvalue weighted by molar-refractivity contribution is -0.154. The quantitative estimate of drug-likeness (QED) is 0.0340. The summed E-state index contributed by atoms with van der Waals surface area (Å²) >= 11 is 4.05. The second-order valence-corrected chi connectivity index (χ2v) is 17.9. The van der Waals surface area contributed by atoms with Crippen LogP contribution in [0.3, 0.4) is 0 Å². The first kappa shape index (κ1) is 42.4. The maximum Gasteiger partial charge on any atom is 0.356 e. The molecule has 15 heteroatoms. The smallest absolute Gasteiger partial charge is 0.356 e. The maximum absolute atomic E-state index is 14.8. The van der Waals surface area contributed by atoms with E-state index in [1.54, 1.807) is 5.38 Å². The second-order valence-electron chi connectivity index (χ2n) is 14.8. The summed E-state index contributed by atoms with van der Waals surface area (Å²) < 4.78 is 8.43. The van der Waals surface area contributed by atoms with Gasteiger partial charge in [0.15, 0.2) is 16.9 Å². The molecule has 7 aromatic rings. The second kappa shape index (κ2) is 18.8. The first-order chi connectivity index (χ1) is 31.4. The first-order valence-corrected chi connectivity index (χ1v) is 23.2. The number of carbonyl (C=O) groups excluding carboxylic acids is 3. The van der Waals surface area contributed by atoms with Gasteiger partial charge in [-0.05, 0) is 27.8 Å². The number of nitrogens with two attached hydrogens (primary N) is 1. The molecule has 320 valence electrons. The summed E-state index contributed by atoms with van der Waals surface area (Å²) in [7, 11) is 1.31. The lowest BCUT2D eigenvalue weighted by atomic mass is 9.77. The Bertz CT molecular complexity index is 2690. The number of thiazole rings is 1. The molecule has 2 aliphatic heterocycles. The van der Waals surface area contributed by atoms with Gasteiger partial charge in [0.2, 0.25) is 0 Å². The van der Waals surface area contributed by atoms with Gasteiger partial charge in [-0.15, -0.1) is 34.9 Å². The summed E-state index contributed by atoms with van der Waals surface area (Å²) in [5.74, 6) is -0.985. The van der Waals surface area contributed by atoms with Gasteiger partial charge in [-0.2, -0.15) is 5.10 Å². The third-order valence-electron chi connectivity index (χ3n) is 11.0. The lowest BCUT2D eigenvalue weighted by Crippen LogP contribution is -2.71. The lowest BCUT2D eigenvalue weighted by Gasteiger charge is -2.49. The third-order valence-corrected chi connectivity index (χ3v) is 14.3. The van der Waals surface area contributed by atoms with Gasteiger partial charge in [0.25, 0.3) is 11.8 Å². The molecule has 4 heterocycles. The number of aromatic nitrogens is 3. The highest BCUT2D eigenvalue weighted by Gasteiger charge is 2.55. The summed E-state index contributed by atoms with van der Waals surface area (Å²) in [5.41, 5.74) is 10.8. The van der Waals surface area contributed by atoms with Crippen LogP contribution < -0.4 is 11.1 Å². The average Bonchev–Trinajstić information content (AvgIpc) is 4.01. The molecular weight excluding hydrogens is 863 g/mol. The Morgan fingerprint density at radius 1 is 0.859 bits per heavy atom. The minimum atomic E-state index is -0.968. The highest BCUT2D eigenvalue weighted by molar-refractivity contribution is 8.05. The number of carbonyl (C=O) groups is 3. The predicted molar refractivity (Wildman–Crippen MR) is 251 cm³/mol. The van der Waals surface area contributed by atoms with Crippen molar-refractivity contribution in [2.45, 2.75) is 28.8 Å². The Hall–Kier alpha value is -6.94. The zero-order valence-corrected chi connectivity index (χ0v) is 36.8. The predicted octanol–water partition coefficient (Wildman–Crippen LogP) is 7.99. The molecule has 9 rings (SSSR count). The van der Waals surface area contributed by atoms with E-state index in [1.165, 1.54) is 35.5 Å². The number of nitrogens with zero attached hydrogens (tertiary/aromatic N) is 5. The number of hydrogen-bond acceptors (Lipinski definition) is 12. The molecule has 2 atom stereocenters. The number of esters is 1. The zero-order chi connectivity index (χ0) is 44.0. The number of fused-ring (bicyclic) bond motifs is 1. The van der Waals surface area contributed by atoms with Crippen LogP contribution >= 0.6 is 34.9 Å². The van der Waals surface area contributed by atoms with Crippen LogP contribution in [-0.4, -0.2) is 67.4 Å². The van der Waals surface area contributed by atoms with Gasteiger partial charge in [-0.1, -0.05) is 157 Å². The fourth-order valence-electron chi connectivity index (χ4n) is 8.06. The molecule has 2 aromatic heterocycles. The van der Waals surface area contributed by atoms with E-state index < -0.39 is 40.8 Å². The highest BCUT2D eigenvalue weighted by Crippen LogP contribution is 2.46. The molecule has 0 bridgehead atoms. The molecular formula is C49H41N7O5S3. The van der Waals surface area contributed by atoms with Crippen LogP contribution in [0.25, 0.3) is 0 Å². The van der Waals surface area contributed by atoms with Gasteiger partial charge in [0.1, 0.15) is 35.5 Å². The van der Waals surface area contributed by atoms with Gasteiger partial charge in [0, 0.05) is 33.6 Å². The van der Waals surface area contributed by atoms with Crippen molar-refractivity contribution in [2.24, 2.45) is 5.16 Å². The van der Waals surface area contributed by atoms with Gasteiger partial charge in [-0.25, -0.2) is 9.78 Å². The molecule has 0 saturated carbocycles. The number of hydrogen-bond donors (Lipinski definition) is 2. The molecule has 1 saturated heterocycles. The minimum Gasteiger partial charge on any atom is -0.448 e. The van der Waals surface area contributed by atoms with Crippen LogP contribution in [0.1, 0.15) is 45.2 Å². The standard InChI is InChI=1S/C49H41N7O5S3/c1-60-54-40(38-30-64-48(50)52-38)44(57)53-41-45(58)56-42(47(59)61-43(33-17-7-2-8-18-33)34-19-9-3-10-20-34)39(31-63-46(41)56)62-29-32-27-51-55(28-32)49(35-21-11-4-12-22-35,36-23-13-5-14-24-36)37-25-15-6-16-26-37/h2-28,30,41,43,46H,29,31H2,1H3,(H2,50,52)(H,53,57)/b54-40-/t41-,46+/m1/s1. The summed E-state index contributed by atoms with van der Waals surface area (Å²) in [6.45, 7) is 0. The average molecular weight is 904 g/mol. The monoisotopic (exact) mass is 903 g/mol. The first-order valence-electron chi connectivity index (χ1n) is 20.3. The van der Waals surface area contributed by atoms with Crippen LogP contribution in [0.5, 0.6) is 0 Å². The number of β-lactam (4-membered cyclic amide) rings is 1. The number of anilines is 1. The topological polar surface area (TPSA) is 154 Å². The van der Waals surface area contributed by atoms with Gasteiger partial charge < -0.3 is 20.6 Å². The third kappa shape index (κ3) is 8.20. The summed E-state index contributed by atoms with van der Waals surface area (Å²) in [6.07, 6.45) is 3.14. The van der Waals surface area contributed by atoms with E-state index in [2.05, 4.69) is 51.9 Å². The highest BCUT2D eigenvalue weighted by atomic mass is 32.2. The molecule has 1 fully saturated rings. The van der Waals surface area contributed by atoms with Crippen molar-refractivity contribution in [1.29, 1.82) is 0 Å². The van der Waals surface area contributed by atoms with Crippen LogP contribution in [-0.2, 0) is 35.2 Å². The summed E-state index contributed by atoms with van der Waals surface area (Å²) in [5, 5.41) is 13.0. The largest absolute Gasteiger partial charge is 0.448 e. The van der Waals surface area contributed by atoms with Crippen molar-refractivity contribution in [2.75, 3.05) is 18.6 Å². The van der Waals surface area contributed by atoms with E-state index in [0.29, 0.717) is 16.4 Å². The van der Waals surface area contributed by atoms with Crippen molar-refractivity contribution >= 4 is 63.5 Å². The normalized spacial score (nSPS) is 16.2. The van der Waals surface area contributed by atoms with E-state index in [1.807, 2.05) is 132 Å². The molecule has 2 amide bonds. The van der Waals surface area contributed by atoms with E-state index in [4.69, 9.17) is 20.4 Å². The zero-order valence-electron chi connectivity index (χ0n) is 34.4. The summed E-state index contributed by atoms with van der Waals surface area (Å²) in [6, 6.07) is 49.0. The Balaban J connectivity index is 1.05. The van der Waals surface area contributed by atoms with E-state index in [-0.39, 0.29) is 22.2 Å². The van der Waals surface area contributed by atoms with E-state index in [0.717, 1.165) is 44.7 Å². The Kier molecular flexibility index (Phi) is 12.4. The SMILES string of the molecule is CO/N=C(\C(=O)N[C@@H]1C(=O)N2C(C(=O)OC(c3ccccc3)c3ccccc3)=C(SCc3cnn(C(c4ccccc4)(c4ccccc4)c4ccccc4)c3)CS[C@@H]12)c1csc(N)n1. The number of ether oxygens (including phenoxy) is 1. The number of oxime groups is 1. The van der Waals surface area contributed by atoms with Crippen LogP contribution in [0.2, 0.25) is 0 Å². The van der Waals surface area contributed by atoms with Gasteiger partial charge in [-0.3, -0.25) is 19.2 Å². The van der Waals surface area contributed by atoms with Crippen LogP contribution in [0, 0.1) is 0 Å². The molecule has 3 N–H and O–H groups in total. The van der Waals surface area contributed by atoms with Gasteiger partial charge in [0.05, 0.1) is 6.20 Å². The molecule has 12 nitrogen and oxygen atoms in total.